The molecule has 2 unspecified atom stereocenters. The Morgan fingerprint density at radius 3 is 2.14 bits per heavy atom. The van der Waals surface area contributed by atoms with Crippen molar-refractivity contribution in [1.82, 2.24) is 10.2 Å². The van der Waals surface area contributed by atoms with Crippen molar-refractivity contribution in [2.45, 2.75) is 53.1 Å². The van der Waals surface area contributed by atoms with Gasteiger partial charge in [-0.1, -0.05) is 20.8 Å². The number of nitrogens with zero attached hydrogens (tertiary/aromatic N) is 1. The summed E-state index contributed by atoms with van der Waals surface area (Å²) in [7, 11) is 2.22. The summed E-state index contributed by atoms with van der Waals surface area (Å²) in [4.78, 5) is 2.44. The summed E-state index contributed by atoms with van der Waals surface area (Å²) in [6.07, 6.45) is 1.21. The van der Waals surface area contributed by atoms with Gasteiger partial charge in [-0.05, 0) is 39.8 Å². The highest BCUT2D eigenvalue weighted by molar-refractivity contribution is 4.76. The van der Waals surface area contributed by atoms with Gasteiger partial charge in [-0.25, -0.2) is 0 Å². The Labute approximate surface area is 90.1 Å². The van der Waals surface area contributed by atoms with Crippen molar-refractivity contribution in [2.75, 3.05) is 20.1 Å². The van der Waals surface area contributed by atoms with Crippen molar-refractivity contribution in [3.8, 4) is 0 Å². The molecule has 2 nitrogen and oxygen atoms in total. The average molecular weight is 200 g/mol. The van der Waals surface area contributed by atoms with Gasteiger partial charge in [0.15, 0.2) is 0 Å². The van der Waals surface area contributed by atoms with Gasteiger partial charge in [0, 0.05) is 18.6 Å². The molecule has 2 atom stereocenters. The summed E-state index contributed by atoms with van der Waals surface area (Å²) in [5.41, 5.74) is 0. The van der Waals surface area contributed by atoms with Gasteiger partial charge in [-0.15, -0.1) is 0 Å². The van der Waals surface area contributed by atoms with Crippen LogP contribution in [0.4, 0.5) is 0 Å². The van der Waals surface area contributed by atoms with Crippen molar-refractivity contribution in [3.63, 3.8) is 0 Å². The van der Waals surface area contributed by atoms with Crippen LogP contribution in [0.15, 0.2) is 0 Å². The van der Waals surface area contributed by atoms with Crippen LogP contribution in [0.5, 0.6) is 0 Å². The van der Waals surface area contributed by atoms with Gasteiger partial charge in [0.05, 0.1) is 0 Å². The first-order valence-electron chi connectivity index (χ1n) is 5.92. The monoisotopic (exact) mass is 200 g/mol. The van der Waals surface area contributed by atoms with E-state index >= 15 is 0 Å². The van der Waals surface area contributed by atoms with E-state index in [4.69, 9.17) is 0 Å². The Kier molecular flexibility index (Phi) is 7.20. The SMILES string of the molecule is CCCNC(C)C(C)N(C)CC(C)C. The summed E-state index contributed by atoms with van der Waals surface area (Å²) < 4.78 is 0. The van der Waals surface area contributed by atoms with Gasteiger partial charge in [0.1, 0.15) is 0 Å². The maximum Gasteiger partial charge on any atom is 0.0215 e. The van der Waals surface area contributed by atoms with Crippen LogP contribution in [0.25, 0.3) is 0 Å². The number of rotatable bonds is 7. The lowest BCUT2D eigenvalue weighted by Gasteiger charge is -2.31. The minimum absolute atomic E-state index is 0.582. The van der Waals surface area contributed by atoms with E-state index in [0.29, 0.717) is 12.1 Å². The first kappa shape index (κ1) is 13.9. The molecule has 0 bridgehead atoms. The standard InChI is InChI=1S/C12H28N2/c1-7-8-13-11(4)12(5)14(6)9-10(2)3/h10-13H,7-9H2,1-6H3. The molecule has 0 saturated carbocycles. The van der Waals surface area contributed by atoms with E-state index in [9.17, 15) is 0 Å². The Morgan fingerprint density at radius 2 is 1.71 bits per heavy atom. The highest BCUT2D eigenvalue weighted by Crippen LogP contribution is 2.05. The molecule has 0 heterocycles. The molecular formula is C12H28N2. The van der Waals surface area contributed by atoms with Crippen LogP contribution in [0.2, 0.25) is 0 Å². The molecule has 86 valence electrons. The summed E-state index contributed by atoms with van der Waals surface area (Å²) in [6.45, 7) is 13.6. The lowest BCUT2D eigenvalue weighted by Crippen LogP contribution is -2.46. The molecule has 0 aliphatic heterocycles. The zero-order chi connectivity index (χ0) is 11.1. The molecule has 0 aromatic rings. The Morgan fingerprint density at radius 1 is 1.14 bits per heavy atom. The highest BCUT2D eigenvalue weighted by Gasteiger charge is 2.16. The molecule has 1 N–H and O–H groups in total. The number of likely N-dealkylation sites (N-methyl/N-ethyl adjacent to an activating group) is 1. The maximum atomic E-state index is 3.54. The second kappa shape index (κ2) is 7.24. The van der Waals surface area contributed by atoms with E-state index in [2.05, 4.69) is 51.9 Å². The first-order chi connectivity index (χ1) is 6.49. The van der Waals surface area contributed by atoms with Crippen LogP contribution >= 0.6 is 0 Å². The third-order valence-corrected chi connectivity index (χ3v) is 2.79. The topological polar surface area (TPSA) is 15.3 Å². The van der Waals surface area contributed by atoms with Crippen LogP contribution in [0, 0.1) is 5.92 Å². The Balaban J connectivity index is 3.84. The largest absolute Gasteiger partial charge is 0.313 e. The highest BCUT2D eigenvalue weighted by atomic mass is 15.2. The minimum Gasteiger partial charge on any atom is -0.313 e. The molecule has 0 aliphatic carbocycles. The zero-order valence-electron chi connectivity index (χ0n) is 10.8. The summed E-state index contributed by atoms with van der Waals surface area (Å²) >= 11 is 0. The predicted molar refractivity (Wildman–Crippen MR) is 64.7 cm³/mol. The van der Waals surface area contributed by atoms with Gasteiger partial charge in [0.25, 0.3) is 0 Å². The Hall–Kier alpha value is -0.0800. The number of hydrogen-bond acceptors (Lipinski definition) is 2. The van der Waals surface area contributed by atoms with Crippen LogP contribution in [0.3, 0.4) is 0 Å². The molecule has 0 spiro atoms. The lowest BCUT2D eigenvalue weighted by atomic mass is 10.1. The third-order valence-electron chi connectivity index (χ3n) is 2.79. The van der Waals surface area contributed by atoms with Crippen molar-refractivity contribution in [2.24, 2.45) is 5.92 Å². The molecule has 0 radical (unpaired) electrons. The molecule has 0 amide bonds. The zero-order valence-corrected chi connectivity index (χ0v) is 10.8. The molecule has 0 rings (SSSR count). The van der Waals surface area contributed by atoms with Crippen LogP contribution in [-0.4, -0.2) is 37.1 Å². The van der Waals surface area contributed by atoms with E-state index in [1.165, 1.54) is 13.0 Å². The summed E-state index contributed by atoms with van der Waals surface area (Å²) in [5, 5.41) is 3.54. The Bertz CT molecular complexity index is 134. The lowest BCUT2D eigenvalue weighted by molar-refractivity contribution is 0.194. The van der Waals surface area contributed by atoms with E-state index in [1.54, 1.807) is 0 Å². The van der Waals surface area contributed by atoms with Gasteiger partial charge in [0.2, 0.25) is 0 Å². The van der Waals surface area contributed by atoms with Crippen molar-refractivity contribution >= 4 is 0 Å². The molecule has 2 heteroatoms. The molecule has 0 saturated heterocycles. The van der Waals surface area contributed by atoms with E-state index < -0.39 is 0 Å². The van der Waals surface area contributed by atoms with Gasteiger partial charge < -0.3 is 10.2 Å². The van der Waals surface area contributed by atoms with Crippen molar-refractivity contribution in [3.05, 3.63) is 0 Å². The molecule has 0 fully saturated rings. The minimum atomic E-state index is 0.582. The van der Waals surface area contributed by atoms with E-state index in [0.717, 1.165) is 12.5 Å². The van der Waals surface area contributed by atoms with Crippen LogP contribution in [0.1, 0.15) is 41.0 Å². The summed E-state index contributed by atoms with van der Waals surface area (Å²) in [5.74, 6) is 0.751. The first-order valence-corrected chi connectivity index (χ1v) is 5.92. The smallest absolute Gasteiger partial charge is 0.0215 e. The quantitative estimate of drug-likeness (QED) is 0.678. The van der Waals surface area contributed by atoms with Crippen molar-refractivity contribution < 1.29 is 0 Å². The maximum absolute atomic E-state index is 3.54. The molecule has 14 heavy (non-hydrogen) atoms. The average Bonchev–Trinajstić information content (AvgIpc) is 2.11. The van der Waals surface area contributed by atoms with Crippen LogP contribution in [-0.2, 0) is 0 Å². The van der Waals surface area contributed by atoms with Gasteiger partial charge in [-0.2, -0.15) is 0 Å². The second-order valence-corrected chi connectivity index (χ2v) is 4.82. The molecule has 0 aliphatic rings. The molecule has 0 aromatic heterocycles. The number of nitrogens with one attached hydrogen (secondary N) is 1. The number of hydrogen-bond donors (Lipinski definition) is 1. The fourth-order valence-electron chi connectivity index (χ4n) is 1.67. The van der Waals surface area contributed by atoms with Gasteiger partial charge >= 0.3 is 0 Å². The van der Waals surface area contributed by atoms with E-state index in [-0.39, 0.29) is 0 Å². The molecular weight excluding hydrogens is 172 g/mol. The van der Waals surface area contributed by atoms with E-state index in [1.807, 2.05) is 0 Å². The molecule has 0 aromatic carbocycles. The third kappa shape index (κ3) is 5.61. The van der Waals surface area contributed by atoms with Gasteiger partial charge in [-0.3, -0.25) is 0 Å². The second-order valence-electron chi connectivity index (χ2n) is 4.82. The summed E-state index contributed by atoms with van der Waals surface area (Å²) in [6, 6.07) is 1.20. The fraction of sp³-hybridized carbons (Fsp3) is 1.00. The normalized spacial score (nSPS) is 16.3. The fourth-order valence-corrected chi connectivity index (χ4v) is 1.67. The predicted octanol–water partition coefficient (Wildman–Crippen LogP) is 2.35. The van der Waals surface area contributed by atoms with Crippen molar-refractivity contribution in [1.29, 1.82) is 0 Å². The van der Waals surface area contributed by atoms with Crippen LogP contribution < -0.4 is 5.32 Å².